The Morgan fingerprint density at radius 2 is 1.71 bits per heavy atom. The maximum absolute atomic E-state index is 12.2. The van der Waals surface area contributed by atoms with E-state index in [1.807, 2.05) is 6.07 Å². The third kappa shape index (κ3) is 3.61. The highest BCUT2D eigenvalue weighted by molar-refractivity contribution is 7.92. The molecule has 6 nitrogen and oxygen atoms in total. The molecule has 1 aliphatic heterocycles. The molecule has 0 saturated carbocycles. The maximum Gasteiger partial charge on any atom is 0.314 e. The minimum absolute atomic E-state index is 0.244. The summed E-state index contributed by atoms with van der Waals surface area (Å²) in [6.45, 7) is 3.58. The fourth-order valence-electron chi connectivity index (χ4n) is 2.95. The Morgan fingerprint density at radius 3 is 2.17 bits per heavy atom. The van der Waals surface area contributed by atoms with Gasteiger partial charge in [0.15, 0.2) is 9.84 Å². The summed E-state index contributed by atoms with van der Waals surface area (Å²) < 4.78 is 23.8. The zero-order valence-electron chi connectivity index (χ0n) is 13.9. The highest BCUT2D eigenvalue weighted by atomic mass is 32.2. The van der Waals surface area contributed by atoms with Crippen LogP contribution in [0.15, 0.2) is 30.3 Å². The van der Waals surface area contributed by atoms with Crippen LogP contribution >= 0.6 is 0 Å². The van der Waals surface area contributed by atoms with Gasteiger partial charge in [0.1, 0.15) is 5.75 Å². The molecular formula is C17H23NO5S. The molecule has 0 atom stereocenters. The molecule has 1 fully saturated rings. The van der Waals surface area contributed by atoms with Crippen molar-refractivity contribution in [3.05, 3.63) is 35.9 Å². The summed E-state index contributed by atoms with van der Waals surface area (Å²) in [5, 5.41) is 9.12. The highest BCUT2D eigenvalue weighted by Gasteiger charge is 2.44. The number of carbonyl (C=O) groups excluding carboxylic acids is 1. The van der Waals surface area contributed by atoms with Crippen molar-refractivity contribution in [1.29, 1.82) is 0 Å². The average Bonchev–Trinajstić information content (AvgIpc) is 2.55. The van der Waals surface area contributed by atoms with Crippen LogP contribution in [-0.4, -0.2) is 54.4 Å². The summed E-state index contributed by atoms with van der Waals surface area (Å²) in [7, 11) is -3.45. The first-order valence-corrected chi connectivity index (χ1v) is 9.69. The third-order valence-electron chi connectivity index (χ3n) is 4.75. The standard InChI is InChI=1S/C17H23NO5S/c1-13(2)24(22,23)12-15(19)18-10-8-17(9-11-18,16(20)21)14-6-4-3-5-7-14/h3-7,13H,8-12H2,1-2H3,(H,20,21). The lowest BCUT2D eigenvalue weighted by molar-refractivity contribution is -0.148. The lowest BCUT2D eigenvalue weighted by Gasteiger charge is -2.39. The number of benzene rings is 1. The van der Waals surface area contributed by atoms with E-state index < -0.39 is 38.1 Å². The fourth-order valence-corrected chi connectivity index (χ4v) is 3.81. The van der Waals surface area contributed by atoms with Crippen molar-refractivity contribution in [2.24, 2.45) is 0 Å². The number of hydrogen-bond donors (Lipinski definition) is 1. The summed E-state index contributed by atoms with van der Waals surface area (Å²) in [6, 6.07) is 9.00. The summed E-state index contributed by atoms with van der Waals surface area (Å²) in [5.41, 5.74) is -0.297. The van der Waals surface area contributed by atoms with Crippen LogP contribution in [0.5, 0.6) is 0 Å². The molecule has 24 heavy (non-hydrogen) atoms. The van der Waals surface area contributed by atoms with Crippen molar-refractivity contribution in [3.8, 4) is 0 Å². The topological polar surface area (TPSA) is 91.8 Å². The van der Waals surface area contributed by atoms with Gasteiger partial charge in [-0.15, -0.1) is 0 Å². The quantitative estimate of drug-likeness (QED) is 0.865. The molecule has 1 amide bonds. The molecule has 0 radical (unpaired) electrons. The van der Waals surface area contributed by atoms with E-state index in [2.05, 4.69) is 0 Å². The molecule has 0 spiro atoms. The van der Waals surface area contributed by atoms with Crippen LogP contribution in [0, 0.1) is 0 Å². The van der Waals surface area contributed by atoms with Gasteiger partial charge >= 0.3 is 5.97 Å². The first-order chi connectivity index (χ1) is 11.2. The van der Waals surface area contributed by atoms with Gasteiger partial charge in [-0.25, -0.2) is 8.42 Å². The predicted molar refractivity (Wildman–Crippen MR) is 90.5 cm³/mol. The fraction of sp³-hybridized carbons (Fsp3) is 0.529. The largest absolute Gasteiger partial charge is 0.481 e. The summed E-state index contributed by atoms with van der Waals surface area (Å²) in [5.74, 6) is -1.87. The van der Waals surface area contributed by atoms with Crippen molar-refractivity contribution >= 4 is 21.7 Å². The second kappa shape index (κ2) is 6.93. The number of amides is 1. The summed E-state index contributed by atoms with van der Waals surface area (Å²) in [6.07, 6.45) is 0.555. The number of nitrogens with zero attached hydrogens (tertiary/aromatic N) is 1. The van der Waals surface area contributed by atoms with Gasteiger partial charge in [0, 0.05) is 13.1 Å². The number of aliphatic carboxylic acids is 1. The van der Waals surface area contributed by atoms with Gasteiger partial charge in [-0.3, -0.25) is 9.59 Å². The molecule has 0 aromatic heterocycles. The highest BCUT2D eigenvalue weighted by Crippen LogP contribution is 2.36. The Hall–Kier alpha value is -1.89. The number of carbonyl (C=O) groups is 2. The molecule has 0 aliphatic carbocycles. The SMILES string of the molecule is CC(C)S(=O)(=O)CC(=O)N1CCC(C(=O)O)(c2ccccc2)CC1. The second-order valence-electron chi connectivity index (χ2n) is 6.49. The minimum Gasteiger partial charge on any atom is -0.481 e. The molecule has 1 aromatic carbocycles. The van der Waals surface area contributed by atoms with E-state index in [1.54, 1.807) is 38.1 Å². The monoisotopic (exact) mass is 353 g/mol. The Labute approximate surface area is 142 Å². The Kier molecular flexibility index (Phi) is 5.32. The normalized spacial score (nSPS) is 17.7. The molecule has 132 valence electrons. The first kappa shape index (κ1) is 18.4. The van der Waals surface area contributed by atoms with E-state index in [0.29, 0.717) is 0 Å². The lowest BCUT2D eigenvalue weighted by atomic mass is 9.73. The predicted octanol–water partition coefficient (Wildman–Crippen LogP) is 1.45. The van der Waals surface area contributed by atoms with Crippen LogP contribution in [0.2, 0.25) is 0 Å². The van der Waals surface area contributed by atoms with Crippen LogP contribution < -0.4 is 0 Å². The number of sulfone groups is 1. The molecule has 2 rings (SSSR count). The van der Waals surface area contributed by atoms with Gasteiger partial charge in [0.05, 0.1) is 10.7 Å². The van der Waals surface area contributed by atoms with Crippen molar-refractivity contribution < 1.29 is 23.1 Å². The van der Waals surface area contributed by atoms with E-state index in [1.165, 1.54) is 4.90 Å². The van der Waals surface area contributed by atoms with E-state index in [4.69, 9.17) is 0 Å². The zero-order valence-corrected chi connectivity index (χ0v) is 14.8. The van der Waals surface area contributed by atoms with E-state index in [-0.39, 0.29) is 25.9 Å². The van der Waals surface area contributed by atoms with E-state index >= 15 is 0 Å². The van der Waals surface area contributed by atoms with Gasteiger partial charge in [0.2, 0.25) is 5.91 Å². The van der Waals surface area contributed by atoms with Crippen LogP contribution in [0.25, 0.3) is 0 Å². The Balaban J connectivity index is 2.12. The molecule has 1 aliphatic rings. The molecule has 1 aromatic rings. The van der Waals surface area contributed by atoms with Crippen molar-refractivity contribution in [1.82, 2.24) is 4.90 Å². The number of piperidine rings is 1. The molecule has 0 bridgehead atoms. The van der Waals surface area contributed by atoms with Gasteiger partial charge in [-0.2, -0.15) is 0 Å². The Bertz CT molecular complexity index is 704. The zero-order chi connectivity index (χ0) is 18.0. The summed E-state index contributed by atoms with van der Waals surface area (Å²) >= 11 is 0. The molecular weight excluding hydrogens is 330 g/mol. The smallest absolute Gasteiger partial charge is 0.314 e. The Morgan fingerprint density at radius 1 is 1.17 bits per heavy atom. The van der Waals surface area contributed by atoms with Gasteiger partial charge in [0.25, 0.3) is 0 Å². The van der Waals surface area contributed by atoms with Crippen LogP contribution in [0.3, 0.4) is 0 Å². The first-order valence-electron chi connectivity index (χ1n) is 7.97. The lowest BCUT2D eigenvalue weighted by Crippen LogP contribution is -2.50. The number of likely N-dealkylation sites (tertiary alicyclic amines) is 1. The van der Waals surface area contributed by atoms with E-state index in [9.17, 15) is 23.1 Å². The molecule has 7 heteroatoms. The molecule has 1 heterocycles. The van der Waals surface area contributed by atoms with Crippen LogP contribution in [0.1, 0.15) is 32.3 Å². The number of rotatable bonds is 5. The third-order valence-corrected chi connectivity index (χ3v) is 6.83. The van der Waals surface area contributed by atoms with Gasteiger partial charge in [-0.1, -0.05) is 30.3 Å². The maximum atomic E-state index is 12.2. The summed E-state index contributed by atoms with van der Waals surface area (Å²) in [4.78, 5) is 25.6. The molecule has 1 N–H and O–H groups in total. The van der Waals surface area contributed by atoms with E-state index in [0.717, 1.165) is 5.56 Å². The van der Waals surface area contributed by atoms with Crippen molar-refractivity contribution in [3.63, 3.8) is 0 Å². The number of carboxylic acid groups (broad SMARTS) is 1. The van der Waals surface area contributed by atoms with Crippen molar-refractivity contribution in [2.45, 2.75) is 37.4 Å². The number of carboxylic acids is 1. The van der Waals surface area contributed by atoms with Crippen LogP contribution in [0.4, 0.5) is 0 Å². The van der Waals surface area contributed by atoms with Crippen molar-refractivity contribution in [2.75, 3.05) is 18.8 Å². The molecule has 1 saturated heterocycles. The average molecular weight is 353 g/mol. The second-order valence-corrected chi connectivity index (χ2v) is 9.05. The minimum atomic E-state index is -3.45. The molecule has 0 unspecified atom stereocenters. The van der Waals surface area contributed by atoms with Gasteiger partial charge in [-0.05, 0) is 32.3 Å². The van der Waals surface area contributed by atoms with Crippen LogP contribution in [-0.2, 0) is 24.8 Å². The number of hydrogen-bond acceptors (Lipinski definition) is 4. The van der Waals surface area contributed by atoms with Gasteiger partial charge < -0.3 is 10.0 Å².